The summed E-state index contributed by atoms with van der Waals surface area (Å²) >= 11 is 6.16. The molecule has 2 fully saturated rings. The van der Waals surface area contributed by atoms with Crippen molar-refractivity contribution in [3.05, 3.63) is 23.2 Å². The quantitative estimate of drug-likeness (QED) is 0.577. The van der Waals surface area contributed by atoms with Crippen molar-refractivity contribution in [2.75, 3.05) is 25.0 Å². The highest BCUT2D eigenvalue weighted by Gasteiger charge is 2.55. The van der Waals surface area contributed by atoms with Crippen molar-refractivity contribution in [1.29, 1.82) is 0 Å². The van der Waals surface area contributed by atoms with Crippen LogP contribution in [0.25, 0.3) is 0 Å². The maximum atomic E-state index is 13.0. The van der Waals surface area contributed by atoms with Gasteiger partial charge in [-0.2, -0.15) is 4.31 Å². The van der Waals surface area contributed by atoms with Crippen LogP contribution in [0.5, 0.6) is 0 Å². The maximum Gasteiger partial charge on any atom is 0.325 e. The van der Waals surface area contributed by atoms with Crippen LogP contribution < -0.4 is 10.6 Å². The fraction of sp³-hybridized carbons (Fsp3) is 0.571. The number of nitrogens with zero attached hydrogens (tertiary/aromatic N) is 2. The number of hydrogen-bond donors (Lipinski definition) is 2. The van der Waals surface area contributed by atoms with E-state index in [1.165, 1.54) is 22.5 Å². The van der Waals surface area contributed by atoms with Crippen molar-refractivity contribution < 1.29 is 22.8 Å². The molecule has 4 amide bonds. The fourth-order valence-corrected chi connectivity index (χ4v) is 6.10. The molecule has 0 aromatic heterocycles. The first kappa shape index (κ1) is 24.5. The van der Waals surface area contributed by atoms with Crippen LogP contribution in [0.4, 0.5) is 10.5 Å². The summed E-state index contributed by atoms with van der Waals surface area (Å²) in [4.78, 5) is 39.1. The fourth-order valence-electron chi connectivity index (χ4n) is 4.45. The average Bonchev–Trinajstić information content (AvgIpc) is 2.97. The summed E-state index contributed by atoms with van der Waals surface area (Å²) in [7, 11) is -3.75. The van der Waals surface area contributed by atoms with Crippen molar-refractivity contribution in [1.82, 2.24) is 14.5 Å². The van der Waals surface area contributed by atoms with E-state index in [9.17, 15) is 22.8 Å². The molecule has 32 heavy (non-hydrogen) atoms. The lowest BCUT2D eigenvalue weighted by Gasteiger charge is -2.36. The molecule has 9 nitrogen and oxygen atoms in total. The minimum atomic E-state index is -3.75. The van der Waals surface area contributed by atoms with Crippen LogP contribution in [-0.4, -0.2) is 60.6 Å². The summed E-state index contributed by atoms with van der Waals surface area (Å²) in [5, 5.41) is 5.49. The number of imide groups is 1. The molecule has 1 heterocycles. The van der Waals surface area contributed by atoms with Crippen LogP contribution >= 0.6 is 11.6 Å². The minimum Gasteiger partial charge on any atom is -0.323 e. The van der Waals surface area contributed by atoms with Gasteiger partial charge in [-0.1, -0.05) is 45.2 Å². The van der Waals surface area contributed by atoms with E-state index in [1.54, 1.807) is 13.8 Å². The Kier molecular flexibility index (Phi) is 7.16. The second-order valence-electron chi connectivity index (χ2n) is 8.22. The van der Waals surface area contributed by atoms with Gasteiger partial charge in [0.15, 0.2) is 0 Å². The molecule has 0 radical (unpaired) electrons. The van der Waals surface area contributed by atoms with E-state index < -0.39 is 40.0 Å². The molecule has 1 aromatic carbocycles. The molecule has 2 atom stereocenters. The second kappa shape index (κ2) is 9.36. The van der Waals surface area contributed by atoms with Crippen molar-refractivity contribution in [2.24, 2.45) is 5.92 Å². The third-order valence-electron chi connectivity index (χ3n) is 6.36. The van der Waals surface area contributed by atoms with Gasteiger partial charge in [0.25, 0.3) is 5.91 Å². The molecular weight excluding hydrogens is 456 g/mol. The van der Waals surface area contributed by atoms with E-state index in [1.807, 2.05) is 6.92 Å². The lowest BCUT2D eigenvalue weighted by molar-refractivity contribution is -0.136. The number of nitrogens with one attached hydrogen (secondary N) is 2. The highest BCUT2D eigenvalue weighted by Crippen LogP contribution is 2.38. The Balaban J connectivity index is 1.77. The molecule has 176 valence electrons. The Morgan fingerprint density at radius 3 is 2.59 bits per heavy atom. The zero-order chi connectivity index (χ0) is 23.7. The number of amides is 4. The van der Waals surface area contributed by atoms with Crippen molar-refractivity contribution >= 4 is 45.2 Å². The first-order chi connectivity index (χ1) is 15.1. The number of carbonyl (C=O) groups excluding carboxylic acids is 3. The van der Waals surface area contributed by atoms with Crippen molar-refractivity contribution in [3.63, 3.8) is 0 Å². The third-order valence-corrected chi connectivity index (χ3v) is 8.73. The summed E-state index contributed by atoms with van der Waals surface area (Å²) in [5.74, 6) is -1.06. The average molecular weight is 485 g/mol. The zero-order valence-electron chi connectivity index (χ0n) is 18.5. The molecule has 1 aliphatic carbocycles. The molecular formula is C21H29ClN4O5S. The summed E-state index contributed by atoms with van der Waals surface area (Å²) < 4.78 is 26.8. The van der Waals surface area contributed by atoms with Gasteiger partial charge in [0.05, 0.1) is 15.6 Å². The summed E-state index contributed by atoms with van der Waals surface area (Å²) in [6.07, 6.45) is 3.21. The molecule has 1 saturated heterocycles. The molecule has 3 rings (SSSR count). The summed E-state index contributed by atoms with van der Waals surface area (Å²) in [6, 6.07) is 3.45. The van der Waals surface area contributed by atoms with Crippen LogP contribution in [0.15, 0.2) is 23.1 Å². The first-order valence-electron chi connectivity index (χ1n) is 10.8. The van der Waals surface area contributed by atoms with Crippen LogP contribution in [0.3, 0.4) is 0 Å². The van der Waals surface area contributed by atoms with Gasteiger partial charge in [0, 0.05) is 13.1 Å². The number of carbonyl (C=O) groups is 3. The highest BCUT2D eigenvalue weighted by atomic mass is 35.5. The Labute approximate surface area is 193 Å². The van der Waals surface area contributed by atoms with Gasteiger partial charge in [0.1, 0.15) is 12.1 Å². The molecule has 11 heteroatoms. The SMILES string of the molecule is CCN(CC)S(=O)(=O)c1ccc(Cl)c(NC(=O)CN2C(=O)NC3(CCCCC3C)C2=O)c1. The molecule has 1 aliphatic heterocycles. The Bertz CT molecular complexity index is 1030. The van der Waals surface area contributed by atoms with Gasteiger partial charge in [0.2, 0.25) is 15.9 Å². The minimum absolute atomic E-state index is 0.00845. The van der Waals surface area contributed by atoms with Gasteiger partial charge in [-0.3, -0.25) is 14.5 Å². The number of urea groups is 1. The van der Waals surface area contributed by atoms with Crippen LogP contribution in [0, 0.1) is 5.92 Å². The predicted molar refractivity (Wildman–Crippen MR) is 121 cm³/mol. The van der Waals surface area contributed by atoms with E-state index in [4.69, 9.17) is 11.6 Å². The Hall–Kier alpha value is -2.17. The van der Waals surface area contributed by atoms with Gasteiger partial charge in [-0.15, -0.1) is 0 Å². The van der Waals surface area contributed by atoms with Crippen LogP contribution in [0.2, 0.25) is 5.02 Å². The number of sulfonamides is 1. The van der Waals surface area contributed by atoms with Crippen LogP contribution in [0.1, 0.15) is 46.5 Å². The molecule has 1 saturated carbocycles. The second-order valence-corrected chi connectivity index (χ2v) is 10.6. The predicted octanol–water partition coefficient (Wildman–Crippen LogP) is 2.81. The van der Waals surface area contributed by atoms with E-state index in [2.05, 4.69) is 10.6 Å². The van der Waals surface area contributed by atoms with Crippen molar-refractivity contribution in [2.45, 2.75) is 56.9 Å². The summed E-state index contributed by atoms with van der Waals surface area (Å²) in [6.45, 7) is 5.52. The van der Waals surface area contributed by atoms with E-state index in [0.717, 1.165) is 24.2 Å². The highest BCUT2D eigenvalue weighted by molar-refractivity contribution is 7.89. The Morgan fingerprint density at radius 1 is 1.28 bits per heavy atom. The molecule has 1 aromatic rings. The Morgan fingerprint density at radius 2 is 1.97 bits per heavy atom. The number of halogens is 1. The molecule has 1 spiro atoms. The van der Waals surface area contributed by atoms with E-state index in [-0.39, 0.29) is 21.5 Å². The monoisotopic (exact) mass is 484 g/mol. The van der Waals surface area contributed by atoms with Gasteiger partial charge >= 0.3 is 6.03 Å². The molecule has 2 aliphatic rings. The molecule has 2 unspecified atom stereocenters. The van der Waals surface area contributed by atoms with E-state index in [0.29, 0.717) is 19.5 Å². The normalized spacial score (nSPS) is 23.7. The van der Waals surface area contributed by atoms with Gasteiger partial charge < -0.3 is 10.6 Å². The van der Waals surface area contributed by atoms with Gasteiger partial charge in [-0.05, 0) is 37.0 Å². The lowest BCUT2D eigenvalue weighted by atomic mass is 9.73. The lowest BCUT2D eigenvalue weighted by Crippen LogP contribution is -2.54. The number of rotatable bonds is 7. The van der Waals surface area contributed by atoms with Crippen molar-refractivity contribution in [3.8, 4) is 0 Å². The topological polar surface area (TPSA) is 116 Å². The molecule has 0 bridgehead atoms. The standard InChI is InChI=1S/C21H29ClN4O5S/c1-4-25(5-2)32(30,31)15-9-10-16(22)17(12-15)23-18(27)13-26-19(28)21(24-20(26)29)11-7-6-8-14(21)3/h9-10,12,14H,4-8,11,13H2,1-3H3,(H,23,27)(H,24,29). The zero-order valence-corrected chi connectivity index (χ0v) is 20.1. The van der Waals surface area contributed by atoms with Gasteiger partial charge in [-0.25, -0.2) is 13.2 Å². The third kappa shape index (κ3) is 4.35. The van der Waals surface area contributed by atoms with Crippen LogP contribution in [-0.2, 0) is 19.6 Å². The summed E-state index contributed by atoms with van der Waals surface area (Å²) in [5.41, 5.74) is -0.858. The van der Waals surface area contributed by atoms with E-state index >= 15 is 0 Å². The number of hydrogen-bond acceptors (Lipinski definition) is 5. The molecule has 2 N–H and O–H groups in total. The smallest absolute Gasteiger partial charge is 0.323 e. The number of benzene rings is 1. The largest absolute Gasteiger partial charge is 0.325 e. The maximum absolute atomic E-state index is 13.0. The first-order valence-corrected chi connectivity index (χ1v) is 12.6. The number of anilines is 1.